The van der Waals surface area contributed by atoms with E-state index in [1.807, 2.05) is 61.5 Å². The molecule has 0 unspecified atom stereocenters. The molecule has 5 heteroatoms. The zero-order valence-electron chi connectivity index (χ0n) is 15.6. The van der Waals surface area contributed by atoms with Crippen LogP contribution in [0.2, 0.25) is 0 Å². The first-order valence-corrected chi connectivity index (χ1v) is 8.68. The van der Waals surface area contributed by atoms with E-state index in [-0.39, 0.29) is 5.97 Å². The number of carbonyl (C=O) groups is 1. The van der Waals surface area contributed by atoms with E-state index in [1.165, 1.54) is 6.92 Å². The summed E-state index contributed by atoms with van der Waals surface area (Å²) in [6.07, 6.45) is 3.85. The highest BCUT2D eigenvalue weighted by Crippen LogP contribution is 2.29. The van der Waals surface area contributed by atoms with E-state index in [1.54, 1.807) is 13.2 Å². The average Bonchev–Trinajstić information content (AvgIpc) is 2.67. The summed E-state index contributed by atoms with van der Waals surface area (Å²) in [5.41, 5.74) is 2.37. The number of fused-ring (bicyclic) bond motifs is 1. The van der Waals surface area contributed by atoms with Gasteiger partial charge in [-0.25, -0.2) is 4.98 Å². The second-order valence-corrected chi connectivity index (χ2v) is 5.83. The van der Waals surface area contributed by atoms with Crippen LogP contribution in [0.15, 0.2) is 48.5 Å². The van der Waals surface area contributed by atoms with Crippen molar-refractivity contribution < 1.29 is 19.0 Å². The van der Waals surface area contributed by atoms with Gasteiger partial charge >= 0.3 is 5.97 Å². The number of carbonyl (C=O) groups excluding carboxylic acids is 1. The van der Waals surface area contributed by atoms with Gasteiger partial charge in [-0.15, -0.1) is 0 Å². The van der Waals surface area contributed by atoms with Gasteiger partial charge in [-0.05, 0) is 42.8 Å². The van der Waals surface area contributed by atoms with Crippen LogP contribution in [0.3, 0.4) is 0 Å². The van der Waals surface area contributed by atoms with Crippen LogP contribution in [0.25, 0.3) is 23.1 Å². The Balaban J connectivity index is 1.91. The molecule has 3 rings (SSSR count). The lowest BCUT2D eigenvalue weighted by Gasteiger charge is -2.09. The monoisotopic (exact) mass is 363 g/mol. The standard InChI is InChI=1S/C22H21NO4/c1-4-26-19-13-9-16(14-21(19)25-3)8-11-18-12-10-17-6-5-7-20(22(17)23-18)27-15(2)24/h5-14H,4H2,1-3H3. The molecule has 0 atom stereocenters. The summed E-state index contributed by atoms with van der Waals surface area (Å²) in [5, 5.41) is 0.911. The Bertz CT molecular complexity index is 995. The maximum atomic E-state index is 11.3. The highest BCUT2D eigenvalue weighted by atomic mass is 16.5. The van der Waals surface area contributed by atoms with Crippen LogP contribution >= 0.6 is 0 Å². The zero-order valence-corrected chi connectivity index (χ0v) is 15.6. The van der Waals surface area contributed by atoms with Crippen LogP contribution in [0.1, 0.15) is 25.1 Å². The number of ether oxygens (including phenoxy) is 3. The molecule has 0 N–H and O–H groups in total. The van der Waals surface area contributed by atoms with E-state index >= 15 is 0 Å². The fourth-order valence-electron chi connectivity index (χ4n) is 2.71. The summed E-state index contributed by atoms with van der Waals surface area (Å²) in [4.78, 5) is 15.9. The van der Waals surface area contributed by atoms with Gasteiger partial charge in [0.05, 0.1) is 19.4 Å². The third-order valence-corrected chi connectivity index (χ3v) is 3.89. The van der Waals surface area contributed by atoms with Gasteiger partial charge in [0, 0.05) is 12.3 Å². The Labute approximate surface area is 158 Å². The third-order valence-electron chi connectivity index (χ3n) is 3.89. The smallest absolute Gasteiger partial charge is 0.308 e. The molecule has 0 fully saturated rings. The summed E-state index contributed by atoms with van der Waals surface area (Å²) in [7, 11) is 1.62. The number of methoxy groups -OCH3 is 1. The molecular weight excluding hydrogens is 342 g/mol. The molecule has 3 aromatic rings. The number of esters is 1. The highest BCUT2D eigenvalue weighted by molar-refractivity contribution is 5.88. The predicted octanol–water partition coefficient (Wildman–Crippen LogP) is 4.74. The lowest BCUT2D eigenvalue weighted by molar-refractivity contribution is -0.131. The molecule has 1 aromatic heterocycles. The summed E-state index contributed by atoms with van der Waals surface area (Å²) in [6.45, 7) is 3.89. The maximum absolute atomic E-state index is 11.3. The van der Waals surface area contributed by atoms with Crippen molar-refractivity contribution in [2.24, 2.45) is 0 Å². The summed E-state index contributed by atoms with van der Waals surface area (Å²) < 4.78 is 16.2. The molecule has 2 aromatic carbocycles. The summed E-state index contributed by atoms with van der Waals surface area (Å²) in [6, 6.07) is 15.1. The molecule has 0 aliphatic carbocycles. The Hall–Kier alpha value is -3.34. The van der Waals surface area contributed by atoms with E-state index < -0.39 is 0 Å². The molecule has 0 saturated carbocycles. The Kier molecular flexibility index (Phi) is 5.71. The van der Waals surface area contributed by atoms with Gasteiger partial charge in [-0.2, -0.15) is 0 Å². The van der Waals surface area contributed by atoms with E-state index in [2.05, 4.69) is 4.98 Å². The molecule has 1 heterocycles. The molecule has 0 bridgehead atoms. The van der Waals surface area contributed by atoms with Crippen molar-refractivity contribution in [1.82, 2.24) is 4.98 Å². The van der Waals surface area contributed by atoms with Crippen LogP contribution in [0.5, 0.6) is 17.2 Å². The molecule has 5 nitrogen and oxygen atoms in total. The number of para-hydroxylation sites is 1. The summed E-state index contributed by atoms with van der Waals surface area (Å²) in [5.74, 6) is 1.49. The SMILES string of the molecule is CCOc1ccc(C=Cc2ccc3cccc(OC(C)=O)c3n2)cc1OC. The van der Waals surface area contributed by atoms with Crippen molar-refractivity contribution in [3.63, 3.8) is 0 Å². The van der Waals surface area contributed by atoms with Gasteiger partial charge in [0.1, 0.15) is 5.52 Å². The van der Waals surface area contributed by atoms with Crippen molar-refractivity contribution in [1.29, 1.82) is 0 Å². The minimum Gasteiger partial charge on any atom is -0.493 e. The molecule has 0 saturated heterocycles. The first kappa shape index (κ1) is 18.5. The third kappa shape index (κ3) is 4.44. The molecule has 0 aliphatic heterocycles. The first-order valence-electron chi connectivity index (χ1n) is 8.68. The topological polar surface area (TPSA) is 57.7 Å². The molecular formula is C22H21NO4. The molecule has 0 amide bonds. The molecule has 27 heavy (non-hydrogen) atoms. The number of nitrogens with zero attached hydrogens (tertiary/aromatic N) is 1. The lowest BCUT2D eigenvalue weighted by Crippen LogP contribution is -2.02. The van der Waals surface area contributed by atoms with Gasteiger partial charge in [-0.3, -0.25) is 4.79 Å². The number of pyridine rings is 1. The number of hydrogen-bond donors (Lipinski definition) is 0. The minimum absolute atomic E-state index is 0.369. The predicted molar refractivity (Wildman–Crippen MR) is 106 cm³/mol. The quantitative estimate of drug-likeness (QED) is 0.468. The fraction of sp³-hybridized carbons (Fsp3) is 0.182. The van der Waals surface area contributed by atoms with Crippen molar-refractivity contribution in [3.8, 4) is 17.2 Å². The largest absolute Gasteiger partial charge is 0.493 e. The van der Waals surface area contributed by atoms with E-state index in [4.69, 9.17) is 14.2 Å². The van der Waals surface area contributed by atoms with Crippen molar-refractivity contribution in [2.75, 3.05) is 13.7 Å². The van der Waals surface area contributed by atoms with Gasteiger partial charge in [0.25, 0.3) is 0 Å². The van der Waals surface area contributed by atoms with Crippen molar-refractivity contribution in [2.45, 2.75) is 13.8 Å². The number of aromatic nitrogens is 1. The van der Waals surface area contributed by atoms with Gasteiger partial charge in [0.15, 0.2) is 17.2 Å². The second kappa shape index (κ2) is 8.36. The van der Waals surface area contributed by atoms with Crippen LogP contribution in [-0.2, 0) is 4.79 Å². The second-order valence-electron chi connectivity index (χ2n) is 5.83. The molecule has 0 spiro atoms. The van der Waals surface area contributed by atoms with E-state index in [0.29, 0.717) is 29.4 Å². The Morgan fingerprint density at radius 1 is 1.04 bits per heavy atom. The van der Waals surface area contributed by atoms with Crippen LogP contribution < -0.4 is 14.2 Å². The molecule has 138 valence electrons. The molecule has 0 aliphatic rings. The average molecular weight is 363 g/mol. The zero-order chi connectivity index (χ0) is 19.2. The minimum atomic E-state index is -0.369. The fourth-order valence-corrected chi connectivity index (χ4v) is 2.71. The Morgan fingerprint density at radius 2 is 1.89 bits per heavy atom. The van der Waals surface area contributed by atoms with Crippen molar-refractivity contribution in [3.05, 3.63) is 59.8 Å². The van der Waals surface area contributed by atoms with Gasteiger partial charge in [-0.1, -0.05) is 30.3 Å². The molecule has 0 radical (unpaired) electrons. The van der Waals surface area contributed by atoms with Crippen LogP contribution in [0, 0.1) is 0 Å². The number of hydrogen-bond acceptors (Lipinski definition) is 5. The van der Waals surface area contributed by atoms with Crippen LogP contribution in [0.4, 0.5) is 0 Å². The number of rotatable bonds is 6. The van der Waals surface area contributed by atoms with Crippen LogP contribution in [-0.4, -0.2) is 24.7 Å². The van der Waals surface area contributed by atoms with E-state index in [0.717, 1.165) is 16.6 Å². The lowest BCUT2D eigenvalue weighted by atomic mass is 10.1. The van der Waals surface area contributed by atoms with Gasteiger partial charge in [0.2, 0.25) is 0 Å². The summed E-state index contributed by atoms with van der Waals surface area (Å²) >= 11 is 0. The van der Waals surface area contributed by atoms with Gasteiger partial charge < -0.3 is 14.2 Å². The maximum Gasteiger partial charge on any atom is 0.308 e. The number of benzene rings is 2. The first-order chi connectivity index (χ1) is 13.1. The van der Waals surface area contributed by atoms with Crippen molar-refractivity contribution >= 4 is 29.0 Å². The van der Waals surface area contributed by atoms with E-state index in [9.17, 15) is 4.79 Å². The normalized spacial score (nSPS) is 10.9. The highest BCUT2D eigenvalue weighted by Gasteiger charge is 2.07. The Morgan fingerprint density at radius 3 is 2.63 bits per heavy atom.